The summed E-state index contributed by atoms with van der Waals surface area (Å²) < 4.78 is 5.27. The summed E-state index contributed by atoms with van der Waals surface area (Å²) in [7, 11) is 0. The third-order valence-electron chi connectivity index (χ3n) is 4.16. The Kier molecular flexibility index (Phi) is 5.36. The number of furan rings is 1. The van der Waals surface area contributed by atoms with Crippen molar-refractivity contribution in [2.24, 2.45) is 5.73 Å². The third kappa shape index (κ3) is 4.00. The third-order valence-corrected chi connectivity index (χ3v) is 5.09. The van der Waals surface area contributed by atoms with Gasteiger partial charge < -0.3 is 15.5 Å². The monoisotopic (exact) mass is 354 g/mol. The van der Waals surface area contributed by atoms with E-state index >= 15 is 0 Å². The highest BCUT2D eigenvalue weighted by atomic mass is 32.1. The van der Waals surface area contributed by atoms with Crippen molar-refractivity contribution in [3.8, 4) is 0 Å². The highest BCUT2D eigenvalue weighted by molar-refractivity contribution is 7.10. The molecule has 3 rings (SSSR count). The van der Waals surface area contributed by atoms with Crippen molar-refractivity contribution < 1.29 is 9.21 Å². The van der Waals surface area contributed by atoms with E-state index < -0.39 is 0 Å². The van der Waals surface area contributed by atoms with E-state index in [-0.39, 0.29) is 18.5 Å². The predicted molar refractivity (Wildman–Crippen MR) is 101 cm³/mol. The predicted octanol–water partition coefficient (Wildman–Crippen LogP) is 4.44. The molecular weight excluding hydrogens is 332 g/mol. The molecule has 3 aromatic rings. The summed E-state index contributed by atoms with van der Waals surface area (Å²) in [5, 5.41) is 5.12. The standard InChI is InChI=1S/C20H22N2O2S/c1-13(2)14-5-7-15(8-6-14)19(18-4-3-9-25-18)22-20(23)16-10-17(11-21)24-12-16/h3-10,12-13,19H,11,21H2,1-2H3,(H,22,23). The number of nitrogens with one attached hydrogen (secondary N) is 1. The number of hydrogen-bond donors (Lipinski definition) is 2. The zero-order valence-electron chi connectivity index (χ0n) is 14.4. The highest BCUT2D eigenvalue weighted by Gasteiger charge is 2.20. The molecule has 25 heavy (non-hydrogen) atoms. The van der Waals surface area contributed by atoms with E-state index in [4.69, 9.17) is 10.2 Å². The Bertz CT molecular complexity index is 820. The van der Waals surface area contributed by atoms with Crippen molar-refractivity contribution in [3.63, 3.8) is 0 Å². The van der Waals surface area contributed by atoms with Gasteiger partial charge in [-0.2, -0.15) is 0 Å². The summed E-state index contributed by atoms with van der Waals surface area (Å²) in [6.07, 6.45) is 1.45. The molecule has 0 saturated heterocycles. The van der Waals surface area contributed by atoms with Gasteiger partial charge in [0.25, 0.3) is 5.91 Å². The van der Waals surface area contributed by atoms with Crippen molar-refractivity contribution in [3.05, 3.63) is 81.4 Å². The first-order valence-electron chi connectivity index (χ1n) is 8.30. The summed E-state index contributed by atoms with van der Waals surface area (Å²) in [6, 6.07) is 13.9. The number of amides is 1. The molecule has 0 aliphatic rings. The molecule has 1 unspecified atom stereocenters. The molecule has 2 aromatic heterocycles. The first-order chi connectivity index (χ1) is 12.1. The second-order valence-corrected chi connectivity index (χ2v) is 7.23. The second kappa shape index (κ2) is 7.68. The Morgan fingerprint density at radius 1 is 1.20 bits per heavy atom. The minimum Gasteiger partial charge on any atom is -0.467 e. The maximum atomic E-state index is 12.6. The maximum Gasteiger partial charge on any atom is 0.255 e. The summed E-state index contributed by atoms with van der Waals surface area (Å²) in [5.41, 5.74) is 8.37. The lowest BCUT2D eigenvalue weighted by atomic mass is 9.98. The van der Waals surface area contributed by atoms with Crippen LogP contribution >= 0.6 is 11.3 Å². The lowest BCUT2D eigenvalue weighted by Crippen LogP contribution is -2.28. The van der Waals surface area contributed by atoms with Crippen LogP contribution in [0.4, 0.5) is 0 Å². The number of carbonyl (C=O) groups excluding carboxylic acids is 1. The number of carbonyl (C=O) groups is 1. The van der Waals surface area contributed by atoms with E-state index in [2.05, 4.69) is 43.4 Å². The second-order valence-electron chi connectivity index (χ2n) is 6.25. The van der Waals surface area contributed by atoms with Gasteiger partial charge in [-0.05, 0) is 34.6 Å². The molecule has 1 amide bonds. The molecule has 0 fully saturated rings. The molecule has 130 valence electrons. The molecule has 0 radical (unpaired) electrons. The topological polar surface area (TPSA) is 68.3 Å². The van der Waals surface area contributed by atoms with E-state index in [1.807, 2.05) is 17.5 Å². The first-order valence-corrected chi connectivity index (χ1v) is 9.18. The van der Waals surface area contributed by atoms with E-state index in [1.165, 1.54) is 11.8 Å². The Morgan fingerprint density at radius 3 is 2.48 bits per heavy atom. The molecule has 0 saturated carbocycles. The van der Waals surface area contributed by atoms with Crippen LogP contribution in [0.2, 0.25) is 0 Å². The average Bonchev–Trinajstić information content (AvgIpc) is 3.31. The van der Waals surface area contributed by atoms with Crippen molar-refractivity contribution in [2.45, 2.75) is 32.4 Å². The molecular formula is C20H22N2O2S. The number of hydrogen-bond acceptors (Lipinski definition) is 4. The van der Waals surface area contributed by atoms with Gasteiger partial charge in [0.1, 0.15) is 12.0 Å². The van der Waals surface area contributed by atoms with Gasteiger partial charge in [-0.1, -0.05) is 44.2 Å². The Morgan fingerprint density at radius 2 is 1.92 bits per heavy atom. The van der Waals surface area contributed by atoms with E-state index in [9.17, 15) is 4.79 Å². The number of benzene rings is 1. The molecule has 1 aromatic carbocycles. The van der Waals surface area contributed by atoms with Crippen LogP contribution in [0.1, 0.15) is 57.9 Å². The average molecular weight is 354 g/mol. The van der Waals surface area contributed by atoms with Crippen LogP contribution in [0.5, 0.6) is 0 Å². The number of rotatable bonds is 6. The van der Waals surface area contributed by atoms with Crippen molar-refractivity contribution >= 4 is 17.2 Å². The fourth-order valence-electron chi connectivity index (χ4n) is 2.67. The first kappa shape index (κ1) is 17.5. The smallest absolute Gasteiger partial charge is 0.255 e. The number of nitrogens with two attached hydrogens (primary N) is 1. The van der Waals surface area contributed by atoms with Crippen molar-refractivity contribution in [1.82, 2.24) is 5.32 Å². The summed E-state index contributed by atoms with van der Waals surface area (Å²) >= 11 is 1.63. The molecule has 0 bridgehead atoms. The summed E-state index contributed by atoms with van der Waals surface area (Å²) in [5.74, 6) is 0.901. The van der Waals surface area contributed by atoms with Gasteiger partial charge >= 0.3 is 0 Å². The van der Waals surface area contributed by atoms with Gasteiger partial charge in [0.2, 0.25) is 0 Å². The van der Waals surface area contributed by atoms with Gasteiger partial charge in [-0.3, -0.25) is 4.79 Å². The van der Waals surface area contributed by atoms with Gasteiger partial charge in [-0.25, -0.2) is 0 Å². The molecule has 5 heteroatoms. The largest absolute Gasteiger partial charge is 0.467 e. The minimum atomic E-state index is -0.190. The fraction of sp³-hybridized carbons (Fsp3) is 0.250. The summed E-state index contributed by atoms with van der Waals surface area (Å²) in [6.45, 7) is 4.61. The van der Waals surface area contributed by atoms with Crippen molar-refractivity contribution in [1.29, 1.82) is 0 Å². The Hall–Kier alpha value is -2.37. The maximum absolute atomic E-state index is 12.6. The van der Waals surface area contributed by atoms with Crippen LogP contribution in [-0.4, -0.2) is 5.91 Å². The van der Waals surface area contributed by atoms with Gasteiger partial charge in [0, 0.05) is 4.88 Å². The van der Waals surface area contributed by atoms with Crippen LogP contribution in [-0.2, 0) is 6.54 Å². The Balaban J connectivity index is 1.86. The quantitative estimate of drug-likeness (QED) is 0.687. The van der Waals surface area contributed by atoms with Crippen LogP contribution in [0.3, 0.4) is 0 Å². The molecule has 0 aliphatic heterocycles. The molecule has 0 spiro atoms. The van der Waals surface area contributed by atoms with Gasteiger partial charge in [0.05, 0.1) is 18.2 Å². The molecule has 3 N–H and O–H groups in total. The zero-order valence-corrected chi connectivity index (χ0v) is 15.2. The number of thiophene rings is 1. The molecule has 1 atom stereocenters. The SMILES string of the molecule is CC(C)c1ccc(C(NC(=O)c2coc(CN)c2)c2cccs2)cc1. The van der Waals surface area contributed by atoms with Crippen LogP contribution in [0.25, 0.3) is 0 Å². The molecule has 0 aliphatic carbocycles. The highest BCUT2D eigenvalue weighted by Crippen LogP contribution is 2.28. The molecule has 2 heterocycles. The van der Waals surface area contributed by atoms with E-state index in [1.54, 1.807) is 17.4 Å². The lowest BCUT2D eigenvalue weighted by molar-refractivity contribution is 0.0943. The van der Waals surface area contributed by atoms with Crippen LogP contribution < -0.4 is 11.1 Å². The zero-order chi connectivity index (χ0) is 17.8. The van der Waals surface area contributed by atoms with Crippen LogP contribution in [0.15, 0.2) is 58.5 Å². The minimum absolute atomic E-state index is 0.171. The van der Waals surface area contributed by atoms with Gasteiger partial charge in [-0.15, -0.1) is 11.3 Å². The van der Waals surface area contributed by atoms with Crippen LogP contribution in [0, 0.1) is 0 Å². The fourth-order valence-corrected chi connectivity index (χ4v) is 3.47. The van der Waals surface area contributed by atoms with E-state index in [0.717, 1.165) is 10.4 Å². The normalized spacial score (nSPS) is 12.3. The van der Waals surface area contributed by atoms with Crippen molar-refractivity contribution in [2.75, 3.05) is 0 Å². The lowest BCUT2D eigenvalue weighted by Gasteiger charge is -2.18. The summed E-state index contributed by atoms with van der Waals surface area (Å²) in [4.78, 5) is 13.7. The van der Waals surface area contributed by atoms with Gasteiger partial charge in [0.15, 0.2) is 0 Å². The van der Waals surface area contributed by atoms with E-state index in [0.29, 0.717) is 17.2 Å². The molecule has 4 nitrogen and oxygen atoms in total. The Labute approximate surface area is 151 Å².